The SMILES string of the molecule is [CH-]=C.[CH2-]OCO.[O]=[Co]. The molecule has 0 aromatic heterocycles. The molecule has 0 radical (unpaired) electrons. The number of aliphatic hydroxyl groups excluding tert-OH is 1. The number of hydrogen-bond donors (Lipinski definition) is 1. The van der Waals surface area contributed by atoms with E-state index in [9.17, 15) is 0 Å². The first-order chi connectivity index (χ1) is 3.91. The summed E-state index contributed by atoms with van der Waals surface area (Å²) in [4.78, 5) is 0. The summed E-state index contributed by atoms with van der Waals surface area (Å²) in [5.41, 5.74) is 0. The van der Waals surface area contributed by atoms with Crippen molar-refractivity contribution in [3.63, 3.8) is 0 Å². The van der Waals surface area contributed by atoms with Crippen LogP contribution >= 0.6 is 0 Å². The Kier molecular flexibility index (Phi) is 126. The first kappa shape index (κ1) is 15.7. The maximum absolute atomic E-state index is 7.94. The Morgan fingerprint density at radius 3 is 1.88 bits per heavy atom. The molecular weight excluding hydrogens is 155 g/mol. The second-order valence-corrected chi connectivity index (χ2v) is 0.333. The number of ether oxygens (including phenoxy) is 1. The molecule has 8 heavy (non-hydrogen) atoms. The normalized spacial score (nSPS) is 4.88. The number of hydrogen-bond acceptors (Lipinski definition) is 3. The molecule has 0 spiro atoms. The molecule has 0 saturated carbocycles. The quantitative estimate of drug-likeness (QED) is 0.444. The average Bonchev–Trinajstić information content (AvgIpc) is 1.96. The Bertz CT molecular complexity index is 23.2. The Morgan fingerprint density at radius 2 is 1.88 bits per heavy atom. The predicted octanol–water partition coefficient (Wildman–Crippen LogP) is 0.228. The second kappa shape index (κ2) is 64.1. The predicted molar refractivity (Wildman–Crippen MR) is 24.1 cm³/mol. The molecule has 0 aromatic rings. The van der Waals surface area contributed by atoms with Crippen LogP contribution in [0, 0.1) is 13.7 Å². The first-order valence-corrected chi connectivity index (χ1v) is 1.86. The third-order valence-electron chi connectivity index (χ3n) is 0.0913. The monoisotopic (exact) mass is 163 g/mol. The Balaban J connectivity index is -0.0000000542. The summed E-state index contributed by atoms with van der Waals surface area (Å²) in [6.07, 6.45) is 0. The van der Waals surface area contributed by atoms with Crippen molar-refractivity contribution in [3.8, 4) is 0 Å². The summed E-state index contributed by atoms with van der Waals surface area (Å²) in [6.45, 7) is 6.71. The minimum absolute atomic E-state index is 0.292. The minimum atomic E-state index is -0.292. The summed E-state index contributed by atoms with van der Waals surface area (Å²) in [5.74, 6) is 0. The fraction of sp³-hybridized carbons (Fsp3) is 0.250. The molecule has 4 heteroatoms. The van der Waals surface area contributed by atoms with Crippen LogP contribution in [0.25, 0.3) is 0 Å². The van der Waals surface area contributed by atoms with Crippen LogP contribution in [0.2, 0.25) is 0 Å². The van der Waals surface area contributed by atoms with E-state index < -0.39 is 0 Å². The zero-order valence-electron chi connectivity index (χ0n) is 4.30. The third kappa shape index (κ3) is 158. The fourth-order valence-corrected chi connectivity index (χ4v) is 0. The van der Waals surface area contributed by atoms with E-state index >= 15 is 0 Å². The van der Waals surface area contributed by atoms with E-state index in [2.05, 4.69) is 40.7 Å². The molecule has 0 unspecified atom stereocenters. The maximum atomic E-state index is 7.94. The van der Waals surface area contributed by atoms with Crippen molar-refractivity contribution < 1.29 is 29.4 Å². The first-order valence-electron chi connectivity index (χ1n) is 1.44. The Labute approximate surface area is 57.1 Å². The van der Waals surface area contributed by atoms with Gasteiger partial charge in [-0.2, -0.15) is 0 Å². The van der Waals surface area contributed by atoms with E-state index in [0.29, 0.717) is 0 Å². The topological polar surface area (TPSA) is 46.5 Å². The molecule has 0 aromatic carbocycles. The molecule has 1 N–H and O–H groups in total. The molecule has 0 amide bonds. The van der Waals surface area contributed by atoms with Gasteiger partial charge in [0, 0.05) is 0 Å². The van der Waals surface area contributed by atoms with Gasteiger partial charge in [-0.25, -0.2) is 7.11 Å². The molecule has 0 fully saturated rings. The van der Waals surface area contributed by atoms with Gasteiger partial charge in [0.1, 0.15) is 6.79 Å². The van der Waals surface area contributed by atoms with E-state index in [4.69, 9.17) is 8.97 Å². The third-order valence-corrected chi connectivity index (χ3v) is 0.0913. The van der Waals surface area contributed by atoms with Crippen molar-refractivity contribution in [2.24, 2.45) is 0 Å². The number of rotatable bonds is 1. The van der Waals surface area contributed by atoms with Crippen molar-refractivity contribution in [1.82, 2.24) is 0 Å². The van der Waals surface area contributed by atoms with E-state index in [0.717, 1.165) is 0 Å². The number of aliphatic hydroxyl groups is 1. The molecule has 0 rings (SSSR count). The van der Waals surface area contributed by atoms with Crippen molar-refractivity contribution in [2.75, 3.05) is 6.79 Å². The van der Waals surface area contributed by atoms with Crippen LogP contribution in [0.3, 0.4) is 0 Å². The molecule has 3 nitrogen and oxygen atoms in total. The van der Waals surface area contributed by atoms with Gasteiger partial charge in [0.2, 0.25) is 0 Å². The fourth-order valence-electron chi connectivity index (χ4n) is 0. The molecule has 0 bridgehead atoms. The molecule has 53 valence electrons. The molecule has 0 aliphatic heterocycles. The van der Waals surface area contributed by atoms with Crippen molar-refractivity contribution >= 4 is 0 Å². The van der Waals surface area contributed by atoms with Gasteiger partial charge in [-0.1, -0.05) is 0 Å². The van der Waals surface area contributed by atoms with E-state index in [1.165, 1.54) is 0 Å². The zero-order valence-corrected chi connectivity index (χ0v) is 5.34. The van der Waals surface area contributed by atoms with Crippen LogP contribution in [0.15, 0.2) is 6.58 Å². The van der Waals surface area contributed by atoms with Crippen LogP contribution < -0.4 is 0 Å². The van der Waals surface area contributed by atoms with Crippen molar-refractivity contribution in [3.05, 3.63) is 20.3 Å². The molecular formula is C4H8CoO3-2. The van der Waals surface area contributed by atoms with Gasteiger partial charge in [-0.05, 0) is 0 Å². The summed E-state index contributed by atoms with van der Waals surface area (Å²) in [7, 11) is 2.85. The standard InChI is InChI=1S/C2H5O2.C2H3.Co.O/c1-4-2-3;1-2;;/h3H,1-2H2;1H,2H2;;/q2*-1;;. The van der Waals surface area contributed by atoms with Gasteiger partial charge < -0.3 is 16.4 Å². The molecule has 0 aliphatic carbocycles. The molecule has 0 atom stereocenters. The van der Waals surface area contributed by atoms with Crippen LogP contribution in [-0.2, 0) is 24.3 Å². The molecule has 0 saturated heterocycles. The summed E-state index contributed by atoms with van der Waals surface area (Å²) in [5, 5.41) is 7.59. The zero-order chi connectivity index (χ0) is 7.41. The van der Waals surface area contributed by atoms with E-state index in [1.54, 1.807) is 0 Å². The van der Waals surface area contributed by atoms with Crippen LogP contribution in [0.4, 0.5) is 0 Å². The van der Waals surface area contributed by atoms with Crippen LogP contribution in [-0.4, -0.2) is 11.9 Å². The van der Waals surface area contributed by atoms with Gasteiger partial charge in [0.05, 0.1) is 0 Å². The summed E-state index contributed by atoms with van der Waals surface area (Å²) >= 11 is 2.31. The summed E-state index contributed by atoms with van der Waals surface area (Å²) in [6, 6.07) is 0. The van der Waals surface area contributed by atoms with E-state index in [1.807, 2.05) is 0 Å². The van der Waals surface area contributed by atoms with Crippen molar-refractivity contribution in [2.45, 2.75) is 0 Å². The van der Waals surface area contributed by atoms with E-state index in [-0.39, 0.29) is 6.79 Å². The van der Waals surface area contributed by atoms with Gasteiger partial charge in [0.25, 0.3) is 0 Å². The Hall–Kier alpha value is -0.0335. The summed E-state index contributed by atoms with van der Waals surface area (Å²) < 4.78 is 11.8. The van der Waals surface area contributed by atoms with Crippen LogP contribution in [0.5, 0.6) is 0 Å². The van der Waals surface area contributed by atoms with Gasteiger partial charge >= 0.3 is 19.5 Å². The van der Waals surface area contributed by atoms with Gasteiger partial charge in [-0.3, -0.25) is 6.58 Å². The van der Waals surface area contributed by atoms with Crippen LogP contribution in [0.1, 0.15) is 0 Å². The van der Waals surface area contributed by atoms with Crippen molar-refractivity contribution in [1.29, 1.82) is 0 Å². The Morgan fingerprint density at radius 1 is 1.75 bits per heavy atom. The van der Waals surface area contributed by atoms with Gasteiger partial charge in [-0.15, -0.1) is 0 Å². The second-order valence-electron chi connectivity index (χ2n) is 0.333. The molecule has 0 aliphatic rings. The van der Waals surface area contributed by atoms with Gasteiger partial charge in [0.15, 0.2) is 0 Å². The average molecular weight is 163 g/mol. The molecule has 0 heterocycles.